The summed E-state index contributed by atoms with van der Waals surface area (Å²) in [5, 5.41) is 0.923. The molecule has 0 radical (unpaired) electrons. The Labute approximate surface area is 188 Å². The predicted octanol–water partition coefficient (Wildman–Crippen LogP) is 6.61. The number of hydrogen-bond donors (Lipinski definition) is 1. The van der Waals surface area contributed by atoms with Crippen LogP contribution in [0.1, 0.15) is 33.4 Å². The molecule has 0 aliphatic rings. The normalized spacial score (nSPS) is 11.8. The molecule has 6 heteroatoms. The van der Waals surface area contributed by atoms with Crippen LogP contribution in [0.25, 0.3) is 20.8 Å². The van der Waals surface area contributed by atoms with Gasteiger partial charge in [0, 0.05) is 11.3 Å². The van der Waals surface area contributed by atoms with Crippen LogP contribution in [-0.2, 0) is 10.0 Å². The van der Waals surface area contributed by atoms with Crippen molar-refractivity contribution < 1.29 is 8.42 Å². The molecule has 0 amide bonds. The standard InChI is InChI=1S/C25H26N2O2S2/c1-14-7-12-22-23(13-14)30-25(26-22)20-8-10-21(11-9-20)27-31(28,29)24-18(5)16(3)15(2)17(4)19(24)6/h7-13,27H,1-6H3. The Kier molecular flexibility index (Phi) is 5.40. The van der Waals surface area contributed by atoms with E-state index in [0.29, 0.717) is 10.6 Å². The topological polar surface area (TPSA) is 59.1 Å². The second-order valence-electron chi connectivity index (χ2n) is 8.13. The summed E-state index contributed by atoms with van der Waals surface area (Å²) in [5.41, 5.74) is 8.47. The first kappa shape index (κ1) is 21.5. The predicted molar refractivity (Wildman–Crippen MR) is 131 cm³/mol. The molecular weight excluding hydrogens is 424 g/mol. The van der Waals surface area contributed by atoms with E-state index < -0.39 is 10.0 Å². The first-order chi connectivity index (χ1) is 14.6. The van der Waals surface area contributed by atoms with Gasteiger partial charge < -0.3 is 0 Å². The fraction of sp³-hybridized carbons (Fsp3) is 0.240. The maximum Gasteiger partial charge on any atom is 0.262 e. The molecule has 0 aliphatic heterocycles. The summed E-state index contributed by atoms with van der Waals surface area (Å²) < 4.78 is 30.4. The third-order valence-corrected chi connectivity index (χ3v) is 8.85. The smallest absolute Gasteiger partial charge is 0.262 e. The molecule has 0 saturated carbocycles. The number of aromatic nitrogens is 1. The first-order valence-corrected chi connectivity index (χ1v) is 12.5. The number of nitrogens with one attached hydrogen (secondary N) is 1. The molecular formula is C25H26N2O2S2. The maximum absolute atomic E-state index is 13.2. The number of thiazole rings is 1. The second-order valence-corrected chi connectivity index (χ2v) is 10.8. The van der Waals surface area contributed by atoms with Crippen LogP contribution in [0, 0.1) is 41.5 Å². The van der Waals surface area contributed by atoms with Gasteiger partial charge in [-0.1, -0.05) is 6.07 Å². The highest BCUT2D eigenvalue weighted by Gasteiger charge is 2.23. The van der Waals surface area contributed by atoms with Crippen molar-refractivity contribution in [2.45, 2.75) is 46.4 Å². The van der Waals surface area contributed by atoms with E-state index in [1.54, 1.807) is 23.5 Å². The third kappa shape index (κ3) is 3.86. The Hall–Kier alpha value is -2.70. The second kappa shape index (κ2) is 7.77. The van der Waals surface area contributed by atoms with E-state index in [9.17, 15) is 8.42 Å². The van der Waals surface area contributed by atoms with Gasteiger partial charge in [-0.15, -0.1) is 11.3 Å². The van der Waals surface area contributed by atoms with Gasteiger partial charge in [-0.05, 0) is 111 Å². The van der Waals surface area contributed by atoms with Gasteiger partial charge in [-0.25, -0.2) is 13.4 Å². The van der Waals surface area contributed by atoms with Gasteiger partial charge in [0.15, 0.2) is 0 Å². The number of rotatable bonds is 4. The third-order valence-electron chi connectivity index (χ3n) is 6.13. The monoisotopic (exact) mass is 450 g/mol. The minimum Gasteiger partial charge on any atom is -0.280 e. The van der Waals surface area contributed by atoms with Gasteiger partial charge in [0.25, 0.3) is 10.0 Å². The van der Waals surface area contributed by atoms with Gasteiger partial charge in [0.1, 0.15) is 5.01 Å². The lowest BCUT2D eigenvalue weighted by Gasteiger charge is -2.19. The summed E-state index contributed by atoms with van der Waals surface area (Å²) in [6.45, 7) is 11.8. The number of sulfonamides is 1. The van der Waals surface area contributed by atoms with Crippen LogP contribution >= 0.6 is 11.3 Å². The van der Waals surface area contributed by atoms with Crippen LogP contribution in [0.15, 0.2) is 47.4 Å². The van der Waals surface area contributed by atoms with Crippen LogP contribution in [0.2, 0.25) is 0 Å². The number of aryl methyl sites for hydroxylation is 1. The van der Waals surface area contributed by atoms with Crippen molar-refractivity contribution in [2.75, 3.05) is 4.72 Å². The molecule has 4 nitrogen and oxygen atoms in total. The fourth-order valence-electron chi connectivity index (χ4n) is 3.91. The molecule has 3 aromatic carbocycles. The highest BCUT2D eigenvalue weighted by molar-refractivity contribution is 7.92. The first-order valence-electron chi connectivity index (χ1n) is 10.2. The molecule has 4 aromatic rings. The summed E-state index contributed by atoms with van der Waals surface area (Å²) >= 11 is 1.64. The van der Waals surface area contributed by atoms with Gasteiger partial charge in [0.05, 0.1) is 15.1 Å². The summed E-state index contributed by atoms with van der Waals surface area (Å²) in [6, 6.07) is 13.6. The van der Waals surface area contributed by atoms with Crippen LogP contribution in [-0.4, -0.2) is 13.4 Å². The molecule has 160 valence electrons. The Balaban J connectivity index is 1.66. The summed E-state index contributed by atoms with van der Waals surface area (Å²) in [7, 11) is -3.70. The molecule has 0 fully saturated rings. The Morgan fingerprint density at radius 1 is 0.774 bits per heavy atom. The van der Waals surface area contributed by atoms with Crippen LogP contribution < -0.4 is 4.72 Å². The summed E-state index contributed by atoms with van der Waals surface area (Å²) in [5.74, 6) is 0. The quantitative estimate of drug-likeness (QED) is 0.380. The number of fused-ring (bicyclic) bond motifs is 1. The molecule has 4 rings (SSSR count). The SMILES string of the molecule is Cc1ccc2nc(-c3ccc(NS(=O)(=O)c4c(C)c(C)c(C)c(C)c4C)cc3)sc2c1. The average molecular weight is 451 g/mol. The molecule has 1 N–H and O–H groups in total. The zero-order valence-corrected chi connectivity index (χ0v) is 20.3. The van der Waals surface area contributed by atoms with Crippen molar-refractivity contribution in [3.8, 4) is 10.6 Å². The number of hydrogen-bond acceptors (Lipinski definition) is 4. The van der Waals surface area contributed by atoms with Gasteiger partial charge in [-0.3, -0.25) is 4.72 Å². The van der Waals surface area contributed by atoms with Gasteiger partial charge in [0.2, 0.25) is 0 Å². The van der Waals surface area contributed by atoms with Crippen molar-refractivity contribution in [2.24, 2.45) is 0 Å². The minimum absolute atomic E-state index is 0.374. The fourth-order valence-corrected chi connectivity index (χ4v) is 6.64. The Morgan fingerprint density at radius 2 is 1.35 bits per heavy atom. The Morgan fingerprint density at radius 3 is 1.97 bits per heavy atom. The molecule has 1 heterocycles. The lowest BCUT2D eigenvalue weighted by atomic mass is 9.95. The molecule has 0 spiro atoms. The number of benzene rings is 3. The largest absolute Gasteiger partial charge is 0.280 e. The van der Waals surface area contributed by atoms with Crippen LogP contribution in [0.4, 0.5) is 5.69 Å². The summed E-state index contributed by atoms with van der Waals surface area (Å²) in [4.78, 5) is 5.08. The zero-order valence-electron chi connectivity index (χ0n) is 18.6. The highest BCUT2D eigenvalue weighted by atomic mass is 32.2. The van der Waals surface area contributed by atoms with Crippen LogP contribution in [0.5, 0.6) is 0 Å². The maximum atomic E-state index is 13.2. The van der Waals surface area contributed by atoms with Crippen molar-refractivity contribution in [1.29, 1.82) is 0 Å². The lowest BCUT2D eigenvalue weighted by molar-refractivity contribution is 0.599. The van der Waals surface area contributed by atoms with E-state index in [2.05, 4.69) is 23.8 Å². The molecule has 0 bridgehead atoms. The Bertz CT molecular complexity index is 1390. The lowest BCUT2D eigenvalue weighted by Crippen LogP contribution is -2.17. The van der Waals surface area contributed by atoms with E-state index in [-0.39, 0.29) is 0 Å². The number of anilines is 1. The van der Waals surface area contributed by atoms with E-state index >= 15 is 0 Å². The van der Waals surface area contributed by atoms with E-state index in [1.165, 1.54) is 5.56 Å². The molecule has 0 unspecified atom stereocenters. The highest BCUT2D eigenvalue weighted by Crippen LogP contribution is 2.33. The summed E-state index contributed by atoms with van der Waals surface area (Å²) in [6.07, 6.45) is 0. The molecule has 31 heavy (non-hydrogen) atoms. The van der Waals surface area contributed by atoms with Gasteiger partial charge >= 0.3 is 0 Å². The van der Waals surface area contributed by atoms with E-state index in [1.807, 2.05) is 52.8 Å². The average Bonchev–Trinajstić information content (AvgIpc) is 3.14. The van der Waals surface area contributed by atoms with Crippen molar-refractivity contribution in [3.05, 3.63) is 75.8 Å². The van der Waals surface area contributed by atoms with Crippen molar-refractivity contribution in [3.63, 3.8) is 0 Å². The number of nitrogens with zero attached hydrogens (tertiary/aromatic N) is 1. The molecule has 1 aromatic heterocycles. The molecule has 0 atom stereocenters. The molecule has 0 saturated heterocycles. The van der Waals surface area contributed by atoms with Crippen molar-refractivity contribution in [1.82, 2.24) is 4.98 Å². The van der Waals surface area contributed by atoms with Crippen LogP contribution in [0.3, 0.4) is 0 Å². The zero-order chi connectivity index (χ0) is 22.5. The minimum atomic E-state index is -3.70. The molecule has 0 aliphatic carbocycles. The van der Waals surface area contributed by atoms with Gasteiger partial charge in [-0.2, -0.15) is 0 Å². The van der Waals surface area contributed by atoms with E-state index in [0.717, 1.165) is 48.6 Å². The van der Waals surface area contributed by atoms with E-state index in [4.69, 9.17) is 4.98 Å². The van der Waals surface area contributed by atoms with Crippen molar-refractivity contribution >= 4 is 37.3 Å².